The van der Waals surface area contributed by atoms with Crippen LogP contribution in [0.25, 0.3) is 0 Å². The fraction of sp³-hybridized carbons (Fsp3) is 0.462. The molecule has 2 rings (SSSR count). The van der Waals surface area contributed by atoms with E-state index in [-0.39, 0.29) is 19.1 Å². The number of carbonyl (C=O) groups excluding carboxylic acids is 1. The number of fused-ring (bicyclic) bond motifs is 1. The van der Waals surface area contributed by atoms with E-state index in [1.165, 1.54) is 0 Å². The highest BCUT2D eigenvalue weighted by Gasteiger charge is 2.24. The first-order valence-corrected chi connectivity index (χ1v) is 5.96. The molecular weight excluding hydrogens is 218 g/mol. The molecule has 0 unspecified atom stereocenters. The van der Waals surface area contributed by atoms with Gasteiger partial charge in [-0.2, -0.15) is 0 Å². The molecule has 1 aliphatic heterocycles. The Morgan fingerprint density at radius 2 is 2.06 bits per heavy atom. The number of rotatable bonds is 5. The van der Waals surface area contributed by atoms with Crippen molar-refractivity contribution in [1.29, 1.82) is 0 Å². The van der Waals surface area contributed by atoms with E-state index in [1.807, 2.05) is 24.3 Å². The Morgan fingerprint density at radius 3 is 2.88 bits per heavy atom. The predicted molar refractivity (Wildman–Crippen MR) is 65.2 cm³/mol. The molecule has 0 radical (unpaired) electrons. The molecular formula is C13H17NO3. The van der Waals surface area contributed by atoms with Crippen molar-refractivity contribution >= 4 is 11.6 Å². The average Bonchev–Trinajstić information content (AvgIpc) is 2.37. The first-order valence-electron chi connectivity index (χ1n) is 5.96. The number of benzene rings is 1. The van der Waals surface area contributed by atoms with Crippen molar-refractivity contribution in [3.05, 3.63) is 24.3 Å². The SMILES string of the molecule is O=C1COc2ccccc2N1CCCCCO. The van der Waals surface area contributed by atoms with E-state index in [0.29, 0.717) is 6.54 Å². The van der Waals surface area contributed by atoms with E-state index >= 15 is 0 Å². The molecule has 0 saturated carbocycles. The third kappa shape index (κ3) is 2.77. The van der Waals surface area contributed by atoms with Crippen LogP contribution in [0, 0.1) is 0 Å². The Bertz CT molecular complexity index is 392. The molecule has 1 N–H and O–H groups in total. The number of hydrogen-bond donors (Lipinski definition) is 1. The topological polar surface area (TPSA) is 49.8 Å². The van der Waals surface area contributed by atoms with Crippen molar-refractivity contribution in [2.45, 2.75) is 19.3 Å². The molecule has 92 valence electrons. The zero-order valence-corrected chi connectivity index (χ0v) is 9.76. The van der Waals surface area contributed by atoms with Crippen LogP contribution >= 0.6 is 0 Å². The number of ether oxygens (including phenoxy) is 1. The number of para-hydroxylation sites is 2. The molecule has 4 heteroatoms. The number of carbonyl (C=O) groups is 1. The first-order chi connectivity index (χ1) is 8.33. The standard InChI is InChI=1S/C13H17NO3/c15-9-5-1-4-8-14-11-6-2-3-7-12(11)17-10-13(14)16/h2-3,6-7,15H,1,4-5,8-10H2. The fourth-order valence-electron chi connectivity index (χ4n) is 1.96. The van der Waals surface area contributed by atoms with Crippen molar-refractivity contribution in [2.75, 3.05) is 24.7 Å². The number of unbranched alkanes of at least 4 members (excludes halogenated alkanes) is 2. The lowest BCUT2D eigenvalue weighted by Crippen LogP contribution is -2.39. The summed E-state index contributed by atoms with van der Waals surface area (Å²) in [4.78, 5) is 13.5. The number of aliphatic hydroxyl groups is 1. The van der Waals surface area contributed by atoms with Gasteiger partial charge < -0.3 is 14.7 Å². The highest BCUT2D eigenvalue weighted by molar-refractivity contribution is 5.97. The van der Waals surface area contributed by atoms with Crippen LogP contribution < -0.4 is 9.64 Å². The molecule has 1 aromatic rings. The molecule has 0 atom stereocenters. The van der Waals surface area contributed by atoms with E-state index < -0.39 is 0 Å². The normalized spacial score (nSPS) is 14.4. The molecule has 1 aromatic carbocycles. The molecule has 4 nitrogen and oxygen atoms in total. The van der Waals surface area contributed by atoms with Crippen LogP contribution in [0.4, 0.5) is 5.69 Å². The summed E-state index contributed by atoms with van der Waals surface area (Å²) in [5, 5.41) is 8.71. The van der Waals surface area contributed by atoms with Crippen molar-refractivity contribution < 1.29 is 14.6 Å². The average molecular weight is 235 g/mol. The Kier molecular flexibility index (Phi) is 3.98. The van der Waals surface area contributed by atoms with Gasteiger partial charge in [0.2, 0.25) is 0 Å². The van der Waals surface area contributed by atoms with Crippen molar-refractivity contribution in [2.24, 2.45) is 0 Å². The Labute approximate surface area is 101 Å². The van der Waals surface area contributed by atoms with E-state index in [2.05, 4.69) is 0 Å². The lowest BCUT2D eigenvalue weighted by molar-refractivity contribution is -0.121. The molecule has 0 bridgehead atoms. The number of anilines is 1. The maximum Gasteiger partial charge on any atom is 0.265 e. The molecule has 0 aromatic heterocycles. The lowest BCUT2D eigenvalue weighted by atomic mass is 10.2. The van der Waals surface area contributed by atoms with E-state index in [1.54, 1.807) is 4.90 Å². The van der Waals surface area contributed by atoms with Gasteiger partial charge in [0.25, 0.3) is 5.91 Å². The summed E-state index contributed by atoms with van der Waals surface area (Å²) >= 11 is 0. The summed E-state index contributed by atoms with van der Waals surface area (Å²) in [6, 6.07) is 7.58. The third-order valence-electron chi connectivity index (χ3n) is 2.85. The van der Waals surface area contributed by atoms with Crippen LogP contribution in [0.3, 0.4) is 0 Å². The summed E-state index contributed by atoms with van der Waals surface area (Å²) in [5.74, 6) is 0.780. The molecule has 0 fully saturated rings. The highest BCUT2D eigenvalue weighted by atomic mass is 16.5. The van der Waals surface area contributed by atoms with Crippen LogP contribution in [0.5, 0.6) is 5.75 Å². The quantitative estimate of drug-likeness (QED) is 0.788. The van der Waals surface area contributed by atoms with Gasteiger partial charge in [-0.25, -0.2) is 0 Å². The number of aliphatic hydroxyl groups excluding tert-OH is 1. The number of nitrogens with zero attached hydrogens (tertiary/aromatic N) is 1. The minimum absolute atomic E-state index is 0.00713. The Morgan fingerprint density at radius 1 is 1.24 bits per heavy atom. The summed E-state index contributed by atoms with van der Waals surface area (Å²) in [5.41, 5.74) is 0.854. The number of hydrogen-bond acceptors (Lipinski definition) is 3. The van der Waals surface area contributed by atoms with Gasteiger partial charge in [0.1, 0.15) is 5.75 Å². The molecule has 1 amide bonds. The van der Waals surface area contributed by atoms with E-state index in [0.717, 1.165) is 30.7 Å². The fourth-order valence-corrected chi connectivity index (χ4v) is 1.96. The Balaban J connectivity index is 2.02. The molecule has 1 aliphatic rings. The Hall–Kier alpha value is -1.55. The molecule has 1 heterocycles. The molecule has 0 spiro atoms. The van der Waals surface area contributed by atoms with Crippen LogP contribution in [0.2, 0.25) is 0 Å². The monoisotopic (exact) mass is 235 g/mol. The van der Waals surface area contributed by atoms with Gasteiger partial charge in [0, 0.05) is 13.2 Å². The van der Waals surface area contributed by atoms with Crippen molar-refractivity contribution in [1.82, 2.24) is 0 Å². The van der Waals surface area contributed by atoms with Gasteiger partial charge in [0.15, 0.2) is 6.61 Å². The van der Waals surface area contributed by atoms with Gasteiger partial charge >= 0.3 is 0 Å². The maximum absolute atomic E-state index is 11.8. The molecule has 17 heavy (non-hydrogen) atoms. The zero-order chi connectivity index (χ0) is 12.1. The number of amides is 1. The van der Waals surface area contributed by atoms with Gasteiger partial charge in [-0.05, 0) is 31.4 Å². The zero-order valence-electron chi connectivity index (χ0n) is 9.76. The summed E-state index contributed by atoms with van der Waals surface area (Å²) in [6.45, 7) is 1.03. The van der Waals surface area contributed by atoms with Crippen molar-refractivity contribution in [3.63, 3.8) is 0 Å². The summed E-state index contributed by atoms with van der Waals surface area (Å²) in [6.07, 6.45) is 2.63. The predicted octanol–water partition coefficient (Wildman–Crippen LogP) is 1.57. The second-order valence-electron chi connectivity index (χ2n) is 4.09. The molecule has 0 aliphatic carbocycles. The van der Waals surface area contributed by atoms with Crippen LogP contribution in [-0.4, -0.2) is 30.8 Å². The first kappa shape index (κ1) is 11.9. The van der Waals surface area contributed by atoms with Gasteiger partial charge in [0.05, 0.1) is 5.69 Å². The van der Waals surface area contributed by atoms with Gasteiger partial charge in [-0.3, -0.25) is 4.79 Å². The minimum atomic E-state index is 0.00713. The van der Waals surface area contributed by atoms with E-state index in [9.17, 15) is 4.79 Å². The third-order valence-corrected chi connectivity index (χ3v) is 2.85. The smallest absolute Gasteiger partial charge is 0.265 e. The van der Waals surface area contributed by atoms with Gasteiger partial charge in [-0.15, -0.1) is 0 Å². The highest BCUT2D eigenvalue weighted by Crippen LogP contribution is 2.31. The van der Waals surface area contributed by atoms with E-state index in [4.69, 9.17) is 9.84 Å². The molecule has 0 saturated heterocycles. The summed E-state index contributed by atoms with van der Waals surface area (Å²) < 4.78 is 5.36. The second kappa shape index (κ2) is 5.68. The summed E-state index contributed by atoms with van der Waals surface area (Å²) in [7, 11) is 0. The minimum Gasteiger partial charge on any atom is -0.482 e. The maximum atomic E-state index is 11.8. The van der Waals surface area contributed by atoms with Gasteiger partial charge in [-0.1, -0.05) is 12.1 Å². The lowest BCUT2D eigenvalue weighted by Gasteiger charge is -2.29. The van der Waals surface area contributed by atoms with Crippen molar-refractivity contribution in [3.8, 4) is 5.75 Å². The van der Waals surface area contributed by atoms with Crippen LogP contribution in [-0.2, 0) is 4.79 Å². The van der Waals surface area contributed by atoms with Crippen LogP contribution in [0.15, 0.2) is 24.3 Å². The largest absolute Gasteiger partial charge is 0.482 e. The second-order valence-corrected chi connectivity index (χ2v) is 4.09. The van der Waals surface area contributed by atoms with Crippen LogP contribution in [0.1, 0.15) is 19.3 Å².